The molecular weight excluding hydrogens is 174 g/mol. The van der Waals surface area contributed by atoms with Gasteiger partial charge in [-0.1, -0.05) is 0 Å². The molecule has 2 aromatic rings. The molecule has 0 aliphatic rings. The SMILES string of the molecule is O=C(O)c1c[nH]c2ncc(=O)[nH]c12. The molecule has 0 saturated carbocycles. The molecule has 66 valence electrons. The number of aromatic carboxylic acids is 1. The van der Waals surface area contributed by atoms with Crippen LogP contribution < -0.4 is 5.56 Å². The van der Waals surface area contributed by atoms with Gasteiger partial charge >= 0.3 is 5.97 Å². The lowest BCUT2D eigenvalue weighted by Gasteiger charge is -1.89. The van der Waals surface area contributed by atoms with Gasteiger partial charge in [-0.15, -0.1) is 0 Å². The normalized spacial score (nSPS) is 10.5. The van der Waals surface area contributed by atoms with Gasteiger partial charge in [0.05, 0.1) is 6.20 Å². The van der Waals surface area contributed by atoms with Crippen molar-refractivity contribution in [3.05, 3.63) is 28.3 Å². The Labute approximate surface area is 71.2 Å². The molecule has 0 aliphatic carbocycles. The first-order chi connectivity index (χ1) is 6.18. The van der Waals surface area contributed by atoms with Crippen LogP contribution in [0.15, 0.2) is 17.2 Å². The van der Waals surface area contributed by atoms with Gasteiger partial charge in [0.1, 0.15) is 11.1 Å². The van der Waals surface area contributed by atoms with E-state index < -0.39 is 11.5 Å². The molecule has 2 heterocycles. The number of rotatable bonds is 1. The van der Waals surface area contributed by atoms with E-state index in [-0.39, 0.29) is 11.1 Å². The topological polar surface area (TPSA) is 98.8 Å². The van der Waals surface area contributed by atoms with Gasteiger partial charge in [-0.2, -0.15) is 0 Å². The zero-order chi connectivity index (χ0) is 9.42. The smallest absolute Gasteiger partial charge is 0.339 e. The zero-order valence-corrected chi connectivity index (χ0v) is 6.37. The van der Waals surface area contributed by atoms with Crippen molar-refractivity contribution in [2.45, 2.75) is 0 Å². The summed E-state index contributed by atoms with van der Waals surface area (Å²) in [5.74, 6) is -1.10. The fourth-order valence-electron chi connectivity index (χ4n) is 1.09. The molecule has 0 spiro atoms. The Morgan fingerprint density at radius 1 is 1.54 bits per heavy atom. The van der Waals surface area contributed by atoms with Gasteiger partial charge in [-0.25, -0.2) is 9.78 Å². The van der Waals surface area contributed by atoms with Gasteiger partial charge in [-0.3, -0.25) is 4.79 Å². The Morgan fingerprint density at radius 2 is 2.31 bits per heavy atom. The van der Waals surface area contributed by atoms with Crippen LogP contribution in [0.25, 0.3) is 11.2 Å². The highest BCUT2D eigenvalue weighted by Gasteiger charge is 2.11. The first kappa shape index (κ1) is 7.53. The molecule has 0 radical (unpaired) electrons. The van der Waals surface area contributed by atoms with Crippen molar-refractivity contribution in [2.24, 2.45) is 0 Å². The first-order valence-corrected chi connectivity index (χ1v) is 3.48. The molecule has 2 aromatic heterocycles. The maximum absolute atomic E-state index is 10.8. The molecule has 0 aromatic carbocycles. The summed E-state index contributed by atoms with van der Waals surface area (Å²) in [5.41, 5.74) is 0.173. The summed E-state index contributed by atoms with van der Waals surface area (Å²) in [7, 11) is 0. The number of nitrogens with zero attached hydrogens (tertiary/aromatic N) is 1. The average molecular weight is 179 g/mol. The van der Waals surface area contributed by atoms with Crippen LogP contribution in [-0.4, -0.2) is 26.0 Å². The fraction of sp³-hybridized carbons (Fsp3) is 0. The number of nitrogens with one attached hydrogen (secondary N) is 2. The lowest BCUT2D eigenvalue weighted by Crippen LogP contribution is -2.06. The van der Waals surface area contributed by atoms with Gasteiger partial charge in [0.25, 0.3) is 5.56 Å². The molecular formula is C7H5N3O3. The number of H-pyrrole nitrogens is 2. The second-order valence-corrected chi connectivity index (χ2v) is 2.48. The summed E-state index contributed by atoms with van der Waals surface area (Å²) in [6.07, 6.45) is 2.38. The van der Waals surface area contributed by atoms with E-state index in [1.54, 1.807) is 0 Å². The number of carbonyl (C=O) groups is 1. The highest BCUT2D eigenvalue weighted by Crippen LogP contribution is 2.10. The van der Waals surface area contributed by atoms with Crippen molar-refractivity contribution >= 4 is 17.1 Å². The lowest BCUT2D eigenvalue weighted by atomic mass is 10.3. The summed E-state index contributed by atoms with van der Waals surface area (Å²) in [6.45, 7) is 0. The number of aromatic amines is 2. The van der Waals surface area contributed by atoms with E-state index in [4.69, 9.17) is 5.11 Å². The standard InChI is InChI=1S/C7H5N3O3/c11-4-2-9-6-5(10-4)3(1-8-6)7(12)13/h1-2H,(H,8,9)(H,10,11)(H,12,13). The molecule has 13 heavy (non-hydrogen) atoms. The second-order valence-electron chi connectivity index (χ2n) is 2.48. The van der Waals surface area contributed by atoms with E-state index in [2.05, 4.69) is 15.0 Å². The molecule has 0 atom stereocenters. The molecule has 3 N–H and O–H groups in total. The van der Waals surface area contributed by atoms with Gasteiger partial charge < -0.3 is 15.1 Å². The lowest BCUT2D eigenvalue weighted by molar-refractivity contribution is 0.0699. The molecule has 2 rings (SSSR count). The van der Waals surface area contributed by atoms with Gasteiger partial charge in [0, 0.05) is 6.20 Å². The Morgan fingerprint density at radius 3 is 3.00 bits per heavy atom. The average Bonchev–Trinajstić information content (AvgIpc) is 2.46. The third-order valence-corrected chi connectivity index (χ3v) is 1.65. The van der Waals surface area contributed by atoms with E-state index in [0.717, 1.165) is 6.20 Å². The van der Waals surface area contributed by atoms with Crippen LogP contribution in [0, 0.1) is 0 Å². The molecule has 0 unspecified atom stereocenters. The summed E-state index contributed by atoms with van der Waals surface area (Å²) in [5, 5.41) is 8.69. The Hall–Kier alpha value is -2.11. The van der Waals surface area contributed by atoms with Crippen molar-refractivity contribution in [2.75, 3.05) is 0 Å². The Balaban J connectivity index is 2.86. The van der Waals surface area contributed by atoms with Crippen molar-refractivity contribution < 1.29 is 9.90 Å². The number of carboxylic acid groups (broad SMARTS) is 1. The molecule has 0 fully saturated rings. The van der Waals surface area contributed by atoms with Crippen LogP contribution in [0.3, 0.4) is 0 Å². The van der Waals surface area contributed by atoms with E-state index in [1.165, 1.54) is 6.20 Å². The van der Waals surface area contributed by atoms with Crippen molar-refractivity contribution in [3.8, 4) is 0 Å². The predicted octanol–water partition coefficient (Wildman–Crippen LogP) is -0.0506. The maximum Gasteiger partial charge on any atom is 0.339 e. The van der Waals surface area contributed by atoms with Crippen LogP contribution in [0.5, 0.6) is 0 Å². The fourth-order valence-corrected chi connectivity index (χ4v) is 1.09. The number of carboxylic acids is 1. The monoisotopic (exact) mass is 179 g/mol. The number of fused-ring (bicyclic) bond motifs is 1. The number of aromatic nitrogens is 3. The van der Waals surface area contributed by atoms with Crippen molar-refractivity contribution in [1.29, 1.82) is 0 Å². The van der Waals surface area contributed by atoms with Gasteiger partial charge in [-0.05, 0) is 0 Å². The third kappa shape index (κ3) is 1.08. The number of hydrogen-bond acceptors (Lipinski definition) is 3. The quantitative estimate of drug-likeness (QED) is 0.571. The van der Waals surface area contributed by atoms with Crippen molar-refractivity contribution in [1.82, 2.24) is 15.0 Å². The summed E-state index contributed by atoms with van der Waals surface area (Å²) in [6, 6.07) is 0. The molecule has 6 nitrogen and oxygen atoms in total. The van der Waals surface area contributed by atoms with Crippen LogP contribution in [0.1, 0.15) is 10.4 Å². The molecule has 6 heteroatoms. The van der Waals surface area contributed by atoms with Crippen LogP contribution in [-0.2, 0) is 0 Å². The Bertz CT molecular complexity index is 525. The van der Waals surface area contributed by atoms with E-state index in [9.17, 15) is 9.59 Å². The van der Waals surface area contributed by atoms with Gasteiger partial charge in [0.2, 0.25) is 0 Å². The number of hydrogen-bond donors (Lipinski definition) is 3. The molecule has 0 saturated heterocycles. The summed E-state index contributed by atoms with van der Waals surface area (Å²) < 4.78 is 0. The van der Waals surface area contributed by atoms with E-state index in [1.807, 2.05) is 0 Å². The minimum Gasteiger partial charge on any atom is -0.478 e. The molecule has 0 amide bonds. The highest BCUT2D eigenvalue weighted by molar-refractivity contribution is 6.00. The molecule has 0 bridgehead atoms. The van der Waals surface area contributed by atoms with E-state index >= 15 is 0 Å². The van der Waals surface area contributed by atoms with E-state index in [0.29, 0.717) is 5.65 Å². The van der Waals surface area contributed by atoms with Crippen LogP contribution in [0.4, 0.5) is 0 Å². The Kier molecular flexibility index (Phi) is 1.42. The van der Waals surface area contributed by atoms with Gasteiger partial charge in [0.15, 0.2) is 5.65 Å². The zero-order valence-electron chi connectivity index (χ0n) is 6.37. The maximum atomic E-state index is 10.8. The summed E-state index contributed by atoms with van der Waals surface area (Å²) >= 11 is 0. The predicted molar refractivity (Wildman–Crippen MR) is 43.7 cm³/mol. The second kappa shape index (κ2) is 2.44. The van der Waals surface area contributed by atoms with Crippen molar-refractivity contribution in [3.63, 3.8) is 0 Å². The highest BCUT2D eigenvalue weighted by atomic mass is 16.4. The summed E-state index contributed by atoms with van der Waals surface area (Å²) in [4.78, 5) is 30.2. The first-order valence-electron chi connectivity index (χ1n) is 3.48. The van der Waals surface area contributed by atoms with Crippen LogP contribution >= 0.6 is 0 Å². The minimum atomic E-state index is -1.10. The largest absolute Gasteiger partial charge is 0.478 e. The minimum absolute atomic E-state index is 0.0141. The third-order valence-electron chi connectivity index (χ3n) is 1.65. The van der Waals surface area contributed by atoms with Crippen LogP contribution in [0.2, 0.25) is 0 Å². The molecule has 0 aliphatic heterocycles.